The van der Waals surface area contributed by atoms with Gasteiger partial charge in [0.2, 0.25) is 5.91 Å². The molecule has 0 heterocycles. The quantitative estimate of drug-likeness (QED) is 0.757. The Labute approximate surface area is 93.8 Å². The first-order valence-electron chi connectivity index (χ1n) is 5.26. The summed E-state index contributed by atoms with van der Waals surface area (Å²) in [5.41, 5.74) is 9.80. The number of carbonyl (C=O) groups is 1. The van der Waals surface area contributed by atoms with Gasteiger partial charge in [-0.15, -0.1) is 0 Å². The molecule has 1 atom stereocenters. The number of benzene rings is 1. The van der Waals surface area contributed by atoms with E-state index in [1.165, 1.54) is 0 Å². The molecule has 2 nitrogen and oxygen atoms in total. The van der Waals surface area contributed by atoms with Crippen molar-refractivity contribution in [1.29, 1.82) is 0 Å². The van der Waals surface area contributed by atoms with Crippen LogP contribution < -0.4 is 5.73 Å². The van der Waals surface area contributed by atoms with Gasteiger partial charge in [-0.25, -0.2) is 0 Å². The summed E-state index contributed by atoms with van der Waals surface area (Å²) in [6, 6.07) is 4.03. The van der Waals surface area contributed by atoms with E-state index in [9.17, 15) is 4.79 Å². The number of allylic oxidation sites excluding steroid dienone is 4. The minimum Gasteiger partial charge on any atom is -0.369 e. The van der Waals surface area contributed by atoms with Crippen LogP contribution in [0.5, 0.6) is 0 Å². The second kappa shape index (κ2) is 3.20. The van der Waals surface area contributed by atoms with E-state index in [0.29, 0.717) is 0 Å². The molecule has 78 valence electrons. The van der Waals surface area contributed by atoms with Gasteiger partial charge in [-0.1, -0.05) is 48.6 Å². The Kier molecular flexibility index (Phi) is 1.83. The largest absolute Gasteiger partial charge is 0.369 e. The van der Waals surface area contributed by atoms with Crippen LogP contribution in [0.4, 0.5) is 0 Å². The third kappa shape index (κ3) is 1.23. The van der Waals surface area contributed by atoms with Crippen molar-refractivity contribution in [2.45, 2.75) is 5.92 Å². The maximum Gasteiger partial charge on any atom is 0.229 e. The summed E-state index contributed by atoms with van der Waals surface area (Å²) < 4.78 is 0. The highest BCUT2D eigenvalue weighted by molar-refractivity contribution is 5.96. The molecule has 0 bridgehead atoms. The van der Waals surface area contributed by atoms with Crippen LogP contribution >= 0.6 is 0 Å². The van der Waals surface area contributed by atoms with Crippen LogP contribution in [0.15, 0.2) is 36.4 Å². The zero-order valence-electron chi connectivity index (χ0n) is 8.68. The zero-order chi connectivity index (χ0) is 11.1. The van der Waals surface area contributed by atoms with Crippen LogP contribution in [-0.4, -0.2) is 5.91 Å². The molecular formula is C14H11NO. The second-order valence-electron chi connectivity index (χ2n) is 4.01. The van der Waals surface area contributed by atoms with Crippen LogP contribution in [0.3, 0.4) is 0 Å². The van der Waals surface area contributed by atoms with Gasteiger partial charge in [-0.05, 0) is 22.3 Å². The summed E-state index contributed by atoms with van der Waals surface area (Å²) in [5.74, 6) is -0.413. The van der Waals surface area contributed by atoms with Crippen molar-refractivity contribution in [1.82, 2.24) is 0 Å². The predicted octanol–water partition coefficient (Wildman–Crippen LogP) is 2.21. The first-order valence-corrected chi connectivity index (χ1v) is 5.26. The molecule has 16 heavy (non-hydrogen) atoms. The maximum atomic E-state index is 11.2. The minimum absolute atomic E-state index is 0.162. The van der Waals surface area contributed by atoms with E-state index in [4.69, 9.17) is 5.73 Å². The van der Waals surface area contributed by atoms with Gasteiger partial charge in [0, 0.05) is 0 Å². The Morgan fingerprint density at radius 1 is 1.06 bits per heavy atom. The fraction of sp³-hybridized carbons (Fsp3) is 0.0714. The van der Waals surface area contributed by atoms with Gasteiger partial charge in [0.15, 0.2) is 0 Å². The first-order chi connectivity index (χ1) is 7.79. The molecule has 3 rings (SSSR count). The standard InChI is InChI=1S/C14H11NO/c15-14(16)13-11-8-7-9-5-3-1-2-4-6-10(9)12(11)13/h1-8,13H,(H2,15,16)/b2-1-,3-1?,4-2?,5-3-,6-4-,9-5?,10-6?. The molecule has 0 fully saturated rings. The molecule has 0 aromatic heterocycles. The lowest BCUT2D eigenvalue weighted by Gasteiger charge is -2.00. The molecular weight excluding hydrogens is 198 g/mol. The van der Waals surface area contributed by atoms with Crippen molar-refractivity contribution >= 4 is 18.1 Å². The molecule has 0 saturated carbocycles. The molecule has 1 aromatic carbocycles. The average Bonchev–Trinajstić information content (AvgIpc) is 2.91. The van der Waals surface area contributed by atoms with Gasteiger partial charge in [-0.2, -0.15) is 0 Å². The molecule has 0 saturated heterocycles. The van der Waals surface area contributed by atoms with E-state index in [-0.39, 0.29) is 11.8 Å². The van der Waals surface area contributed by atoms with Crippen LogP contribution in [0.2, 0.25) is 0 Å². The van der Waals surface area contributed by atoms with Crippen LogP contribution in [-0.2, 0) is 4.79 Å². The van der Waals surface area contributed by atoms with E-state index in [1.807, 2.05) is 48.6 Å². The summed E-state index contributed by atoms with van der Waals surface area (Å²) >= 11 is 0. The topological polar surface area (TPSA) is 43.1 Å². The third-order valence-electron chi connectivity index (χ3n) is 3.03. The Hall–Kier alpha value is -2.09. The van der Waals surface area contributed by atoms with Crippen LogP contribution in [0, 0.1) is 0 Å². The van der Waals surface area contributed by atoms with E-state index < -0.39 is 0 Å². The number of amides is 1. The van der Waals surface area contributed by atoms with Crippen molar-refractivity contribution in [2.75, 3.05) is 0 Å². The lowest BCUT2D eigenvalue weighted by Crippen LogP contribution is -2.12. The van der Waals surface area contributed by atoms with Crippen molar-refractivity contribution < 1.29 is 4.79 Å². The summed E-state index contributed by atoms with van der Waals surface area (Å²) in [6.45, 7) is 0. The Balaban J connectivity index is 2.15. The molecule has 0 aliphatic heterocycles. The summed E-state index contributed by atoms with van der Waals surface area (Å²) in [4.78, 5) is 11.2. The number of hydrogen-bond donors (Lipinski definition) is 1. The smallest absolute Gasteiger partial charge is 0.229 e. The Morgan fingerprint density at radius 2 is 1.81 bits per heavy atom. The maximum absolute atomic E-state index is 11.2. The lowest BCUT2D eigenvalue weighted by atomic mass is 10.0. The number of nitrogens with two attached hydrogens (primary N) is 1. The number of hydrogen-bond acceptors (Lipinski definition) is 1. The van der Waals surface area contributed by atoms with Gasteiger partial charge in [0.1, 0.15) is 0 Å². The van der Waals surface area contributed by atoms with Crippen LogP contribution in [0.1, 0.15) is 28.2 Å². The molecule has 0 spiro atoms. The second-order valence-corrected chi connectivity index (χ2v) is 4.01. The molecule has 1 amide bonds. The Bertz CT molecular complexity index is 564. The monoisotopic (exact) mass is 209 g/mol. The average molecular weight is 209 g/mol. The molecule has 1 unspecified atom stereocenters. The van der Waals surface area contributed by atoms with E-state index in [0.717, 1.165) is 22.3 Å². The highest BCUT2D eigenvalue weighted by Crippen LogP contribution is 2.47. The molecule has 1 aromatic rings. The van der Waals surface area contributed by atoms with Gasteiger partial charge >= 0.3 is 0 Å². The predicted molar refractivity (Wildman–Crippen MR) is 64.7 cm³/mol. The molecule has 0 radical (unpaired) electrons. The van der Waals surface area contributed by atoms with Crippen molar-refractivity contribution in [3.8, 4) is 0 Å². The SMILES string of the molecule is NC(=O)C1c2ccc3c(c21)\C=C/C=C\C=C/3. The van der Waals surface area contributed by atoms with E-state index in [2.05, 4.69) is 0 Å². The number of rotatable bonds is 1. The molecule has 2 aliphatic rings. The number of primary amides is 1. The highest BCUT2D eigenvalue weighted by Gasteiger charge is 2.39. The third-order valence-corrected chi connectivity index (χ3v) is 3.03. The summed E-state index contributed by atoms with van der Waals surface area (Å²) in [7, 11) is 0. The first kappa shape index (κ1) is 9.16. The van der Waals surface area contributed by atoms with E-state index in [1.54, 1.807) is 0 Å². The highest BCUT2D eigenvalue weighted by atomic mass is 16.1. The fourth-order valence-corrected chi connectivity index (χ4v) is 2.23. The van der Waals surface area contributed by atoms with Gasteiger partial charge in [0.05, 0.1) is 5.92 Å². The molecule has 2 aliphatic carbocycles. The Morgan fingerprint density at radius 3 is 2.56 bits per heavy atom. The number of fused-ring (bicyclic) bond motifs is 3. The van der Waals surface area contributed by atoms with Crippen molar-refractivity contribution in [2.24, 2.45) is 5.73 Å². The van der Waals surface area contributed by atoms with Crippen molar-refractivity contribution in [3.63, 3.8) is 0 Å². The fourth-order valence-electron chi connectivity index (χ4n) is 2.23. The molecule has 2 heteroatoms. The summed E-state index contributed by atoms with van der Waals surface area (Å²) in [5, 5.41) is 0. The van der Waals surface area contributed by atoms with Gasteiger partial charge in [0.25, 0.3) is 0 Å². The zero-order valence-corrected chi connectivity index (χ0v) is 8.68. The lowest BCUT2D eigenvalue weighted by molar-refractivity contribution is -0.117. The summed E-state index contributed by atoms with van der Waals surface area (Å²) in [6.07, 6.45) is 12.0. The normalized spacial score (nSPS) is 25.6. The molecule has 2 N–H and O–H groups in total. The minimum atomic E-state index is -0.251. The van der Waals surface area contributed by atoms with Crippen molar-refractivity contribution in [3.05, 3.63) is 58.7 Å². The van der Waals surface area contributed by atoms with Gasteiger partial charge < -0.3 is 5.73 Å². The number of carbonyl (C=O) groups excluding carboxylic acids is 1. The van der Waals surface area contributed by atoms with E-state index >= 15 is 0 Å². The van der Waals surface area contributed by atoms with Crippen LogP contribution in [0.25, 0.3) is 12.2 Å². The van der Waals surface area contributed by atoms with Gasteiger partial charge in [-0.3, -0.25) is 4.79 Å².